The number of ether oxygens (including phenoxy) is 1. The van der Waals surface area contributed by atoms with Gasteiger partial charge in [-0.25, -0.2) is 0 Å². The van der Waals surface area contributed by atoms with Crippen molar-refractivity contribution < 1.29 is 4.74 Å². The second-order valence-corrected chi connectivity index (χ2v) is 5.51. The SMILES string of the molecule is CCCNc1nc(Nc2cccc(I)c2)nc(OCC)n1. The lowest BCUT2D eigenvalue weighted by molar-refractivity contribution is 0.312. The number of anilines is 3. The van der Waals surface area contributed by atoms with Gasteiger partial charge in [0.05, 0.1) is 6.61 Å². The minimum absolute atomic E-state index is 0.319. The first-order chi connectivity index (χ1) is 10.2. The van der Waals surface area contributed by atoms with Crippen LogP contribution in [0.15, 0.2) is 24.3 Å². The highest BCUT2D eigenvalue weighted by atomic mass is 127. The molecule has 2 rings (SSSR count). The maximum atomic E-state index is 5.38. The van der Waals surface area contributed by atoms with Gasteiger partial charge in [0.15, 0.2) is 0 Å². The van der Waals surface area contributed by atoms with Crippen LogP contribution < -0.4 is 15.4 Å². The van der Waals surface area contributed by atoms with E-state index in [4.69, 9.17) is 4.74 Å². The molecule has 0 aliphatic rings. The molecule has 0 aliphatic heterocycles. The van der Waals surface area contributed by atoms with Crippen molar-refractivity contribution in [3.63, 3.8) is 0 Å². The zero-order valence-electron chi connectivity index (χ0n) is 12.1. The molecule has 0 aliphatic carbocycles. The third-order valence-corrected chi connectivity index (χ3v) is 3.17. The molecule has 0 amide bonds. The molecule has 2 N–H and O–H groups in total. The van der Waals surface area contributed by atoms with Gasteiger partial charge in [-0.05, 0) is 54.1 Å². The smallest absolute Gasteiger partial charge is 0.323 e. The number of hydrogen-bond acceptors (Lipinski definition) is 6. The Bertz CT molecular complexity index is 593. The Balaban J connectivity index is 2.22. The first kappa shape index (κ1) is 15.7. The summed E-state index contributed by atoms with van der Waals surface area (Å²) in [5.41, 5.74) is 0.928. The van der Waals surface area contributed by atoms with E-state index in [2.05, 4.69) is 55.1 Å². The first-order valence-electron chi connectivity index (χ1n) is 6.86. The monoisotopic (exact) mass is 399 g/mol. The fourth-order valence-corrected chi connectivity index (χ4v) is 2.16. The molecule has 6 nitrogen and oxygen atoms in total. The fraction of sp³-hybridized carbons (Fsp3) is 0.357. The van der Waals surface area contributed by atoms with Gasteiger partial charge < -0.3 is 15.4 Å². The standard InChI is InChI=1S/C14H18IN5O/c1-3-8-16-12-18-13(20-14(19-12)21-4-2)17-11-7-5-6-10(15)9-11/h5-7,9H,3-4,8H2,1-2H3,(H2,16,17,18,19,20). The van der Waals surface area contributed by atoms with Crippen LogP contribution >= 0.6 is 22.6 Å². The zero-order chi connectivity index (χ0) is 15.1. The van der Waals surface area contributed by atoms with E-state index >= 15 is 0 Å². The number of hydrogen-bond donors (Lipinski definition) is 2. The number of benzene rings is 1. The second kappa shape index (κ2) is 7.96. The van der Waals surface area contributed by atoms with Crippen LogP contribution in [-0.4, -0.2) is 28.1 Å². The summed E-state index contributed by atoms with van der Waals surface area (Å²) in [7, 11) is 0. The van der Waals surface area contributed by atoms with Crippen LogP contribution in [0, 0.1) is 3.57 Å². The third kappa shape index (κ3) is 5.00. The maximum absolute atomic E-state index is 5.38. The van der Waals surface area contributed by atoms with Gasteiger partial charge in [-0.1, -0.05) is 13.0 Å². The molecule has 0 saturated heterocycles. The molecule has 1 aromatic heterocycles. The summed E-state index contributed by atoms with van der Waals surface area (Å²) in [6.45, 7) is 5.30. The Morgan fingerprint density at radius 1 is 1.14 bits per heavy atom. The Labute approximate surface area is 137 Å². The van der Waals surface area contributed by atoms with E-state index in [0.29, 0.717) is 24.5 Å². The van der Waals surface area contributed by atoms with E-state index < -0.39 is 0 Å². The highest BCUT2D eigenvalue weighted by Gasteiger charge is 2.07. The fourth-order valence-electron chi connectivity index (χ4n) is 1.62. The quantitative estimate of drug-likeness (QED) is 0.696. The van der Waals surface area contributed by atoms with Crippen molar-refractivity contribution in [1.29, 1.82) is 0 Å². The van der Waals surface area contributed by atoms with E-state index in [9.17, 15) is 0 Å². The van der Waals surface area contributed by atoms with Gasteiger partial charge in [0.2, 0.25) is 11.9 Å². The summed E-state index contributed by atoms with van der Waals surface area (Å²) in [4.78, 5) is 12.8. The lowest BCUT2D eigenvalue weighted by Gasteiger charge is -2.10. The number of halogens is 1. The normalized spacial score (nSPS) is 10.2. The Kier molecular flexibility index (Phi) is 5.97. The number of aromatic nitrogens is 3. The van der Waals surface area contributed by atoms with Crippen molar-refractivity contribution in [2.24, 2.45) is 0 Å². The number of nitrogens with one attached hydrogen (secondary N) is 2. The molecular weight excluding hydrogens is 381 g/mol. The topological polar surface area (TPSA) is 72.0 Å². The summed E-state index contributed by atoms with van der Waals surface area (Å²) in [5, 5.41) is 6.32. The van der Waals surface area contributed by atoms with E-state index in [1.165, 1.54) is 0 Å². The van der Waals surface area contributed by atoms with E-state index in [-0.39, 0.29) is 0 Å². The molecule has 0 spiro atoms. The van der Waals surface area contributed by atoms with Gasteiger partial charge in [0.25, 0.3) is 0 Å². The van der Waals surface area contributed by atoms with Gasteiger partial charge in [-0.15, -0.1) is 0 Å². The molecule has 0 unspecified atom stereocenters. The first-order valence-corrected chi connectivity index (χ1v) is 7.94. The van der Waals surface area contributed by atoms with Crippen LogP contribution in [0.1, 0.15) is 20.3 Å². The summed E-state index contributed by atoms with van der Waals surface area (Å²) in [6, 6.07) is 8.30. The van der Waals surface area contributed by atoms with Crippen LogP contribution in [-0.2, 0) is 0 Å². The van der Waals surface area contributed by atoms with Gasteiger partial charge in [-0.2, -0.15) is 15.0 Å². The minimum Gasteiger partial charge on any atom is -0.464 e. The van der Waals surface area contributed by atoms with E-state index in [0.717, 1.165) is 22.2 Å². The zero-order valence-corrected chi connectivity index (χ0v) is 14.2. The summed E-state index contributed by atoms with van der Waals surface area (Å²) in [5.74, 6) is 0.984. The van der Waals surface area contributed by atoms with Crippen LogP contribution in [0.4, 0.5) is 17.6 Å². The molecule has 0 bridgehead atoms. The molecule has 0 fully saturated rings. The largest absolute Gasteiger partial charge is 0.464 e. The Hall–Kier alpha value is -1.64. The number of rotatable bonds is 7. The van der Waals surface area contributed by atoms with Crippen molar-refractivity contribution in [2.45, 2.75) is 20.3 Å². The van der Waals surface area contributed by atoms with Gasteiger partial charge in [0.1, 0.15) is 0 Å². The maximum Gasteiger partial charge on any atom is 0.323 e. The minimum atomic E-state index is 0.319. The Morgan fingerprint density at radius 2 is 1.95 bits per heavy atom. The van der Waals surface area contributed by atoms with Gasteiger partial charge >= 0.3 is 6.01 Å². The molecule has 21 heavy (non-hydrogen) atoms. The molecule has 0 saturated carbocycles. The summed E-state index contributed by atoms with van der Waals surface area (Å²) in [6.07, 6.45) is 0.995. The molecule has 7 heteroatoms. The van der Waals surface area contributed by atoms with Crippen LogP contribution in [0.25, 0.3) is 0 Å². The molecule has 1 aromatic carbocycles. The van der Waals surface area contributed by atoms with Crippen molar-refractivity contribution in [3.05, 3.63) is 27.8 Å². The molecular formula is C14H18IN5O. The lowest BCUT2D eigenvalue weighted by atomic mass is 10.3. The van der Waals surface area contributed by atoms with Crippen molar-refractivity contribution in [2.75, 3.05) is 23.8 Å². The predicted molar refractivity (Wildman–Crippen MR) is 92.2 cm³/mol. The molecule has 1 heterocycles. The second-order valence-electron chi connectivity index (χ2n) is 4.26. The van der Waals surface area contributed by atoms with Crippen LogP contribution in [0.3, 0.4) is 0 Å². The average Bonchev–Trinajstić information content (AvgIpc) is 2.45. The van der Waals surface area contributed by atoms with Crippen molar-refractivity contribution in [3.8, 4) is 6.01 Å². The van der Waals surface area contributed by atoms with E-state index in [1.807, 2.05) is 31.2 Å². The Morgan fingerprint density at radius 3 is 2.67 bits per heavy atom. The average molecular weight is 399 g/mol. The predicted octanol–water partition coefficient (Wildman–Crippen LogP) is 3.44. The molecule has 0 atom stereocenters. The van der Waals surface area contributed by atoms with Crippen LogP contribution in [0.2, 0.25) is 0 Å². The molecule has 0 radical (unpaired) electrons. The summed E-state index contributed by atoms with van der Waals surface area (Å²) >= 11 is 2.26. The number of nitrogens with zero attached hydrogens (tertiary/aromatic N) is 3. The van der Waals surface area contributed by atoms with Gasteiger partial charge in [-0.3, -0.25) is 0 Å². The third-order valence-electron chi connectivity index (χ3n) is 2.50. The van der Waals surface area contributed by atoms with Crippen molar-refractivity contribution in [1.82, 2.24) is 15.0 Å². The van der Waals surface area contributed by atoms with Crippen LogP contribution in [0.5, 0.6) is 6.01 Å². The van der Waals surface area contributed by atoms with Gasteiger partial charge in [0, 0.05) is 15.8 Å². The molecule has 112 valence electrons. The molecule has 2 aromatic rings. The summed E-state index contributed by atoms with van der Waals surface area (Å²) < 4.78 is 6.52. The van der Waals surface area contributed by atoms with Crippen molar-refractivity contribution >= 4 is 40.2 Å². The highest BCUT2D eigenvalue weighted by molar-refractivity contribution is 14.1. The highest BCUT2D eigenvalue weighted by Crippen LogP contribution is 2.18. The lowest BCUT2D eigenvalue weighted by Crippen LogP contribution is -2.09. The van der Waals surface area contributed by atoms with E-state index in [1.54, 1.807) is 0 Å².